The van der Waals surface area contributed by atoms with Crippen LogP contribution in [0.15, 0.2) is 60.7 Å². The van der Waals surface area contributed by atoms with E-state index in [-0.39, 0.29) is 0 Å². The Morgan fingerprint density at radius 3 is 2.59 bits per heavy atom. The maximum absolute atomic E-state index is 11.4. The molecule has 0 amide bonds. The first-order valence-corrected chi connectivity index (χ1v) is 9.87. The Morgan fingerprint density at radius 2 is 1.81 bits per heavy atom. The van der Waals surface area contributed by atoms with Crippen molar-refractivity contribution in [2.24, 2.45) is 0 Å². The monoisotopic (exact) mass is 358 g/mol. The summed E-state index contributed by atoms with van der Waals surface area (Å²) >= 11 is 0. The van der Waals surface area contributed by atoms with E-state index in [1.807, 2.05) is 18.2 Å². The summed E-state index contributed by atoms with van der Waals surface area (Å²) in [4.78, 5) is 17.1. The number of fused-ring (bicyclic) bond motifs is 1. The van der Waals surface area contributed by atoms with Crippen molar-refractivity contribution in [3.63, 3.8) is 0 Å². The van der Waals surface area contributed by atoms with Gasteiger partial charge >= 0.3 is 0 Å². The number of aryl methyl sites for hydroxylation is 1. The molecule has 1 aliphatic rings. The van der Waals surface area contributed by atoms with Crippen molar-refractivity contribution in [1.29, 1.82) is 0 Å². The Kier molecular flexibility index (Phi) is 5.50. The number of hydrogen-bond acceptors (Lipinski definition) is 2. The van der Waals surface area contributed by atoms with Crippen LogP contribution in [0.25, 0.3) is 16.5 Å². The molecule has 2 heterocycles. The van der Waals surface area contributed by atoms with Gasteiger partial charge < -0.3 is 4.98 Å². The number of nitrogens with one attached hydrogen (secondary N) is 1. The SMILES string of the molecule is O=Cc1[nH]c2ccccc2c1CCCCN1CC=C(c2ccccc2)CC1. The van der Waals surface area contributed by atoms with Gasteiger partial charge in [-0.3, -0.25) is 9.69 Å². The molecule has 1 aromatic heterocycles. The molecule has 0 fully saturated rings. The lowest BCUT2D eigenvalue weighted by atomic mass is 9.99. The molecule has 0 atom stereocenters. The van der Waals surface area contributed by atoms with Crippen molar-refractivity contribution in [3.8, 4) is 0 Å². The third-order valence-electron chi connectivity index (χ3n) is 5.55. The van der Waals surface area contributed by atoms with Gasteiger partial charge in [-0.05, 0) is 55.0 Å². The molecule has 0 unspecified atom stereocenters. The fourth-order valence-electron chi connectivity index (χ4n) is 4.06. The molecule has 0 saturated heterocycles. The average molecular weight is 358 g/mol. The topological polar surface area (TPSA) is 36.1 Å². The van der Waals surface area contributed by atoms with Gasteiger partial charge in [0.15, 0.2) is 6.29 Å². The molecule has 4 rings (SSSR count). The zero-order valence-electron chi connectivity index (χ0n) is 15.7. The number of hydrogen-bond donors (Lipinski definition) is 1. The first-order valence-electron chi connectivity index (χ1n) is 9.87. The quantitative estimate of drug-likeness (QED) is 0.471. The van der Waals surface area contributed by atoms with Crippen LogP contribution in [-0.2, 0) is 6.42 Å². The molecule has 0 radical (unpaired) electrons. The zero-order chi connectivity index (χ0) is 18.5. The van der Waals surface area contributed by atoms with E-state index >= 15 is 0 Å². The molecule has 3 nitrogen and oxygen atoms in total. The molecule has 3 heteroatoms. The smallest absolute Gasteiger partial charge is 0.166 e. The predicted octanol–water partition coefficient (Wildman–Crippen LogP) is 5.09. The molecule has 1 aliphatic heterocycles. The second kappa shape index (κ2) is 8.36. The van der Waals surface area contributed by atoms with Gasteiger partial charge in [-0.15, -0.1) is 0 Å². The normalized spacial score (nSPS) is 15.0. The number of aldehydes is 1. The van der Waals surface area contributed by atoms with Crippen LogP contribution in [0.4, 0.5) is 0 Å². The van der Waals surface area contributed by atoms with Crippen LogP contribution in [0.3, 0.4) is 0 Å². The van der Waals surface area contributed by atoms with Gasteiger partial charge in [0, 0.05) is 24.0 Å². The molecule has 0 aliphatic carbocycles. The fraction of sp³-hybridized carbons (Fsp3) is 0.292. The lowest BCUT2D eigenvalue weighted by molar-refractivity contribution is 0.111. The van der Waals surface area contributed by atoms with Crippen molar-refractivity contribution in [2.45, 2.75) is 25.7 Å². The van der Waals surface area contributed by atoms with Crippen molar-refractivity contribution >= 4 is 22.8 Å². The minimum Gasteiger partial charge on any atom is -0.352 e. The first-order chi connectivity index (χ1) is 13.3. The van der Waals surface area contributed by atoms with Gasteiger partial charge in [0.2, 0.25) is 0 Å². The van der Waals surface area contributed by atoms with E-state index in [1.54, 1.807) is 0 Å². The number of rotatable bonds is 7. The van der Waals surface area contributed by atoms with Crippen LogP contribution in [0, 0.1) is 0 Å². The van der Waals surface area contributed by atoms with E-state index in [1.165, 1.54) is 22.1 Å². The number of unbranched alkanes of at least 4 members (excludes halogenated alkanes) is 1. The summed E-state index contributed by atoms with van der Waals surface area (Å²) < 4.78 is 0. The van der Waals surface area contributed by atoms with Crippen LogP contribution in [0.5, 0.6) is 0 Å². The number of carbonyl (C=O) groups is 1. The highest BCUT2D eigenvalue weighted by molar-refractivity contribution is 5.92. The van der Waals surface area contributed by atoms with Crippen LogP contribution in [0.2, 0.25) is 0 Å². The highest BCUT2D eigenvalue weighted by Crippen LogP contribution is 2.24. The predicted molar refractivity (Wildman–Crippen MR) is 112 cm³/mol. The molecule has 0 saturated carbocycles. The molecule has 0 spiro atoms. The van der Waals surface area contributed by atoms with E-state index in [4.69, 9.17) is 0 Å². The van der Waals surface area contributed by atoms with Gasteiger partial charge in [-0.2, -0.15) is 0 Å². The highest BCUT2D eigenvalue weighted by atomic mass is 16.1. The van der Waals surface area contributed by atoms with E-state index in [9.17, 15) is 4.79 Å². The number of aromatic amines is 1. The van der Waals surface area contributed by atoms with Crippen LogP contribution in [-0.4, -0.2) is 35.8 Å². The lowest BCUT2D eigenvalue weighted by Gasteiger charge is -2.26. The molecular weight excluding hydrogens is 332 g/mol. The standard InChI is InChI=1S/C24H26N2O/c27-18-24-22(21-10-4-5-12-23(21)25-24)11-6-7-15-26-16-13-20(14-17-26)19-8-2-1-3-9-19/h1-5,8-10,12-13,18,25H,6-7,11,14-17H2. The second-order valence-electron chi connectivity index (χ2n) is 7.28. The maximum Gasteiger partial charge on any atom is 0.166 e. The number of para-hydroxylation sites is 1. The second-order valence-corrected chi connectivity index (χ2v) is 7.28. The molecule has 138 valence electrons. The van der Waals surface area contributed by atoms with Gasteiger partial charge in [0.25, 0.3) is 0 Å². The highest BCUT2D eigenvalue weighted by Gasteiger charge is 2.13. The number of aromatic nitrogens is 1. The molecule has 0 bridgehead atoms. The van der Waals surface area contributed by atoms with E-state index in [0.29, 0.717) is 0 Å². The largest absolute Gasteiger partial charge is 0.352 e. The first kappa shape index (κ1) is 17.7. The van der Waals surface area contributed by atoms with Gasteiger partial charge in [-0.1, -0.05) is 54.6 Å². The molecular formula is C24H26N2O. The van der Waals surface area contributed by atoms with Gasteiger partial charge in [0.1, 0.15) is 0 Å². The molecule has 3 aromatic rings. The molecule has 27 heavy (non-hydrogen) atoms. The number of nitrogens with zero attached hydrogens (tertiary/aromatic N) is 1. The summed E-state index contributed by atoms with van der Waals surface area (Å²) in [5.74, 6) is 0. The minimum atomic E-state index is 0.740. The lowest BCUT2D eigenvalue weighted by Crippen LogP contribution is -2.29. The van der Waals surface area contributed by atoms with Crippen LogP contribution in [0.1, 0.15) is 40.9 Å². The molecule has 1 N–H and O–H groups in total. The Bertz CT molecular complexity index is 939. The number of H-pyrrole nitrogens is 1. The van der Waals surface area contributed by atoms with E-state index < -0.39 is 0 Å². The van der Waals surface area contributed by atoms with Crippen molar-refractivity contribution < 1.29 is 4.79 Å². The van der Waals surface area contributed by atoms with Crippen LogP contribution < -0.4 is 0 Å². The Labute approximate surface area is 160 Å². The van der Waals surface area contributed by atoms with E-state index in [0.717, 1.165) is 62.8 Å². The summed E-state index contributed by atoms with van der Waals surface area (Å²) in [5.41, 5.74) is 5.80. The summed E-state index contributed by atoms with van der Waals surface area (Å²) in [6, 6.07) is 18.9. The van der Waals surface area contributed by atoms with E-state index in [2.05, 4.69) is 52.4 Å². The fourth-order valence-corrected chi connectivity index (χ4v) is 4.06. The Hall–Kier alpha value is -2.65. The summed E-state index contributed by atoms with van der Waals surface area (Å²) in [5, 5.41) is 1.19. The molecule has 2 aromatic carbocycles. The Balaban J connectivity index is 1.29. The number of benzene rings is 2. The average Bonchev–Trinajstić information content (AvgIpc) is 3.10. The summed E-state index contributed by atoms with van der Waals surface area (Å²) in [6.07, 6.45) is 7.68. The van der Waals surface area contributed by atoms with Gasteiger partial charge in [-0.25, -0.2) is 0 Å². The van der Waals surface area contributed by atoms with Crippen molar-refractivity contribution in [1.82, 2.24) is 9.88 Å². The summed E-state index contributed by atoms with van der Waals surface area (Å²) in [6.45, 7) is 3.29. The maximum atomic E-state index is 11.4. The Morgan fingerprint density at radius 1 is 1.00 bits per heavy atom. The third kappa shape index (κ3) is 4.04. The summed E-state index contributed by atoms with van der Waals surface area (Å²) in [7, 11) is 0. The minimum absolute atomic E-state index is 0.740. The van der Waals surface area contributed by atoms with Gasteiger partial charge in [0.05, 0.1) is 5.69 Å². The van der Waals surface area contributed by atoms with Crippen molar-refractivity contribution in [2.75, 3.05) is 19.6 Å². The van der Waals surface area contributed by atoms with Crippen LogP contribution >= 0.6 is 0 Å². The zero-order valence-corrected chi connectivity index (χ0v) is 15.7. The van der Waals surface area contributed by atoms with Crippen molar-refractivity contribution in [3.05, 3.63) is 77.5 Å². The number of carbonyl (C=O) groups excluding carboxylic acids is 1. The third-order valence-corrected chi connectivity index (χ3v) is 5.55.